The minimum absolute atomic E-state index is 0.0998. The molecule has 0 saturated heterocycles. The van der Waals surface area contributed by atoms with Crippen LogP contribution in [0.15, 0.2) is 22.7 Å². The first-order chi connectivity index (χ1) is 8.41. The fourth-order valence-corrected chi connectivity index (χ4v) is 2.54. The molecule has 4 heteroatoms. The highest BCUT2D eigenvalue weighted by Crippen LogP contribution is 2.28. The van der Waals surface area contributed by atoms with Gasteiger partial charge in [0.1, 0.15) is 5.82 Å². The summed E-state index contributed by atoms with van der Waals surface area (Å²) in [6, 6.07) is 6.72. The van der Waals surface area contributed by atoms with Gasteiger partial charge in [-0.05, 0) is 39.0 Å². The van der Waals surface area contributed by atoms with Crippen LogP contribution in [-0.4, -0.2) is 15.6 Å². The Balaban J connectivity index is 2.68. The SMILES string of the molecule is CC(N)C(C)c1nc2cc(Br)ccc2n1C(C)C. The number of aromatic nitrogens is 2. The van der Waals surface area contributed by atoms with Gasteiger partial charge in [0.05, 0.1) is 11.0 Å². The number of nitrogens with zero attached hydrogens (tertiary/aromatic N) is 2. The van der Waals surface area contributed by atoms with Crippen molar-refractivity contribution in [2.75, 3.05) is 0 Å². The third-order valence-corrected chi connectivity index (χ3v) is 3.88. The molecule has 18 heavy (non-hydrogen) atoms. The lowest BCUT2D eigenvalue weighted by molar-refractivity contribution is 0.511. The highest BCUT2D eigenvalue weighted by molar-refractivity contribution is 9.10. The average Bonchev–Trinajstić information content (AvgIpc) is 2.65. The van der Waals surface area contributed by atoms with Gasteiger partial charge in [0.15, 0.2) is 0 Å². The monoisotopic (exact) mass is 309 g/mol. The molecule has 98 valence electrons. The van der Waals surface area contributed by atoms with Crippen molar-refractivity contribution in [1.29, 1.82) is 0 Å². The van der Waals surface area contributed by atoms with Crippen molar-refractivity contribution >= 4 is 27.0 Å². The molecule has 0 bridgehead atoms. The quantitative estimate of drug-likeness (QED) is 0.936. The number of halogens is 1. The van der Waals surface area contributed by atoms with Gasteiger partial charge in [-0.3, -0.25) is 0 Å². The summed E-state index contributed by atoms with van der Waals surface area (Å²) in [5.41, 5.74) is 8.23. The second-order valence-electron chi connectivity index (χ2n) is 5.21. The molecule has 2 N–H and O–H groups in total. The number of benzene rings is 1. The van der Waals surface area contributed by atoms with Crippen LogP contribution in [0.25, 0.3) is 11.0 Å². The molecule has 2 atom stereocenters. The van der Waals surface area contributed by atoms with Gasteiger partial charge in [-0.15, -0.1) is 0 Å². The van der Waals surface area contributed by atoms with Gasteiger partial charge in [-0.2, -0.15) is 0 Å². The highest BCUT2D eigenvalue weighted by Gasteiger charge is 2.20. The maximum atomic E-state index is 6.03. The largest absolute Gasteiger partial charge is 0.327 e. The van der Waals surface area contributed by atoms with Crippen molar-refractivity contribution in [2.45, 2.75) is 45.7 Å². The summed E-state index contributed by atoms with van der Waals surface area (Å²) in [5, 5.41) is 0. The van der Waals surface area contributed by atoms with E-state index in [2.05, 4.69) is 59.5 Å². The zero-order valence-corrected chi connectivity index (χ0v) is 12.9. The molecule has 0 aliphatic rings. The Kier molecular flexibility index (Phi) is 3.78. The Morgan fingerprint density at radius 1 is 1.22 bits per heavy atom. The molecule has 0 aliphatic heterocycles. The van der Waals surface area contributed by atoms with E-state index >= 15 is 0 Å². The van der Waals surface area contributed by atoms with Gasteiger partial charge in [-0.1, -0.05) is 22.9 Å². The molecule has 2 aromatic rings. The van der Waals surface area contributed by atoms with Crippen molar-refractivity contribution in [3.63, 3.8) is 0 Å². The lowest BCUT2D eigenvalue weighted by atomic mass is 10.0. The Morgan fingerprint density at radius 3 is 2.44 bits per heavy atom. The van der Waals surface area contributed by atoms with Crippen LogP contribution in [0.1, 0.15) is 45.5 Å². The minimum atomic E-state index is 0.0998. The van der Waals surface area contributed by atoms with E-state index in [1.807, 2.05) is 6.92 Å². The number of hydrogen-bond donors (Lipinski definition) is 1. The standard InChI is InChI=1S/C14H20BrN3/c1-8(2)18-13-6-5-11(15)7-12(13)17-14(18)9(3)10(4)16/h5-10H,16H2,1-4H3. The zero-order valence-electron chi connectivity index (χ0n) is 11.3. The van der Waals surface area contributed by atoms with Gasteiger partial charge in [0.25, 0.3) is 0 Å². The number of imidazole rings is 1. The van der Waals surface area contributed by atoms with Gasteiger partial charge in [-0.25, -0.2) is 4.98 Å². The van der Waals surface area contributed by atoms with Crippen molar-refractivity contribution in [3.05, 3.63) is 28.5 Å². The second-order valence-corrected chi connectivity index (χ2v) is 6.13. The van der Waals surface area contributed by atoms with Crippen molar-refractivity contribution in [1.82, 2.24) is 9.55 Å². The molecule has 0 saturated carbocycles. The van der Waals surface area contributed by atoms with Crippen LogP contribution < -0.4 is 5.73 Å². The maximum Gasteiger partial charge on any atom is 0.114 e. The van der Waals surface area contributed by atoms with Crippen LogP contribution in [0.5, 0.6) is 0 Å². The summed E-state index contributed by atoms with van der Waals surface area (Å²) >= 11 is 3.50. The number of fused-ring (bicyclic) bond motifs is 1. The molecule has 2 rings (SSSR count). The average molecular weight is 310 g/mol. The third-order valence-electron chi connectivity index (χ3n) is 3.39. The zero-order chi connectivity index (χ0) is 13.4. The van der Waals surface area contributed by atoms with Crippen molar-refractivity contribution < 1.29 is 0 Å². The molecule has 1 aromatic heterocycles. The first kappa shape index (κ1) is 13.6. The fraction of sp³-hybridized carbons (Fsp3) is 0.500. The predicted octanol–water partition coefficient (Wildman–Crippen LogP) is 3.83. The first-order valence-corrected chi connectivity index (χ1v) is 7.14. The van der Waals surface area contributed by atoms with Gasteiger partial charge in [0, 0.05) is 22.5 Å². The Bertz CT molecular complexity index is 557. The van der Waals surface area contributed by atoms with Crippen molar-refractivity contribution in [3.8, 4) is 0 Å². The molecule has 0 fully saturated rings. The summed E-state index contributed by atoms with van der Waals surface area (Å²) in [5.74, 6) is 1.33. The Labute approximate surface area is 117 Å². The summed E-state index contributed by atoms with van der Waals surface area (Å²) in [6.07, 6.45) is 0. The van der Waals surface area contributed by atoms with Crippen LogP contribution in [0, 0.1) is 0 Å². The third kappa shape index (κ3) is 2.31. The molecule has 0 aliphatic carbocycles. The summed E-state index contributed by atoms with van der Waals surface area (Å²) in [6.45, 7) is 8.53. The molecule has 0 radical (unpaired) electrons. The second kappa shape index (κ2) is 5.02. The Hall–Kier alpha value is -0.870. The maximum absolute atomic E-state index is 6.03. The van der Waals surface area contributed by atoms with Crippen LogP contribution in [0.3, 0.4) is 0 Å². The molecule has 2 unspecified atom stereocenters. The van der Waals surface area contributed by atoms with E-state index in [-0.39, 0.29) is 12.0 Å². The molecular weight excluding hydrogens is 290 g/mol. The predicted molar refractivity (Wildman–Crippen MR) is 79.9 cm³/mol. The number of nitrogens with two attached hydrogens (primary N) is 1. The lowest BCUT2D eigenvalue weighted by Crippen LogP contribution is -2.25. The lowest BCUT2D eigenvalue weighted by Gasteiger charge is -2.20. The molecule has 1 heterocycles. The van der Waals surface area contributed by atoms with Gasteiger partial charge < -0.3 is 10.3 Å². The topological polar surface area (TPSA) is 43.8 Å². The van der Waals surface area contributed by atoms with E-state index in [0.29, 0.717) is 6.04 Å². The normalized spacial score (nSPS) is 15.3. The van der Waals surface area contributed by atoms with E-state index in [1.54, 1.807) is 0 Å². The number of hydrogen-bond acceptors (Lipinski definition) is 2. The summed E-state index contributed by atoms with van der Waals surface area (Å²) in [4.78, 5) is 4.77. The van der Waals surface area contributed by atoms with Gasteiger partial charge >= 0.3 is 0 Å². The Morgan fingerprint density at radius 2 is 1.89 bits per heavy atom. The molecule has 3 nitrogen and oxygen atoms in total. The summed E-state index contributed by atoms with van der Waals surface area (Å²) in [7, 11) is 0. The van der Waals surface area contributed by atoms with Crippen LogP contribution >= 0.6 is 15.9 Å². The molecule has 0 amide bonds. The smallest absolute Gasteiger partial charge is 0.114 e. The fourth-order valence-electron chi connectivity index (χ4n) is 2.19. The number of rotatable bonds is 3. The van der Waals surface area contributed by atoms with Crippen LogP contribution in [0.2, 0.25) is 0 Å². The van der Waals surface area contributed by atoms with Crippen LogP contribution in [-0.2, 0) is 0 Å². The van der Waals surface area contributed by atoms with Crippen LogP contribution in [0.4, 0.5) is 0 Å². The molecule has 0 spiro atoms. The van der Waals surface area contributed by atoms with Gasteiger partial charge in [0.2, 0.25) is 0 Å². The summed E-state index contributed by atoms with van der Waals surface area (Å²) < 4.78 is 3.35. The first-order valence-electron chi connectivity index (χ1n) is 6.34. The highest BCUT2D eigenvalue weighted by atomic mass is 79.9. The van der Waals surface area contributed by atoms with E-state index in [4.69, 9.17) is 10.7 Å². The molecule has 1 aromatic carbocycles. The van der Waals surface area contributed by atoms with E-state index in [0.717, 1.165) is 15.8 Å². The molecular formula is C14H20BrN3. The van der Waals surface area contributed by atoms with Crippen molar-refractivity contribution in [2.24, 2.45) is 5.73 Å². The van der Waals surface area contributed by atoms with E-state index in [1.165, 1.54) is 5.52 Å². The minimum Gasteiger partial charge on any atom is -0.327 e. The van der Waals surface area contributed by atoms with E-state index < -0.39 is 0 Å². The van der Waals surface area contributed by atoms with E-state index in [9.17, 15) is 0 Å².